The van der Waals surface area contributed by atoms with Crippen molar-refractivity contribution < 1.29 is 25.8 Å². The fourth-order valence-corrected chi connectivity index (χ4v) is 2.48. The topological polar surface area (TPSA) is 104 Å². The third-order valence-corrected chi connectivity index (χ3v) is 4.37. The molecule has 0 saturated heterocycles. The van der Waals surface area contributed by atoms with Crippen LogP contribution in [0.5, 0.6) is 5.88 Å². The molecule has 0 fully saturated rings. The highest BCUT2D eigenvalue weighted by atomic mass is 32.2. The van der Waals surface area contributed by atoms with Gasteiger partial charge in [0.1, 0.15) is 5.82 Å². The number of hydrogen-bond donors (Lipinski definition) is 0. The van der Waals surface area contributed by atoms with Crippen molar-refractivity contribution in [2.75, 3.05) is 6.26 Å². The van der Waals surface area contributed by atoms with E-state index in [0.29, 0.717) is 16.5 Å². The summed E-state index contributed by atoms with van der Waals surface area (Å²) in [4.78, 5) is 23.3. The lowest BCUT2D eigenvalue weighted by Crippen LogP contribution is -2.28. The van der Waals surface area contributed by atoms with Gasteiger partial charge >= 0.3 is 21.3 Å². The number of thioether (sulfide) groups is 1. The molecular formula is C12H11F3N4O4S2. The van der Waals surface area contributed by atoms with Crippen molar-refractivity contribution in [2.45, 2.75) is 24.1 Å². The minimum Gasteiger partial charge on any atom is -0.355 e. The molecule has 0 bridgehead atoms. The van der Waals surface area contributed by atoms with Crippen LogP contribution in [-0.4, -0.2) is 39.7 Å². The predicted molar refractivity (Wildman–Crippen MR) is 81.8 cm³/mol. The predicted octanol–water partition coefficient (Wildman–Crippen LogP) is 1.34. The normalized spacial score (nSPS) is 12.2. The zero-order valence-corrected chi connectivity index (χ0v) is 14.4. The van der Waals surface area contributed by atoms with E-state index in [2.05, 4.69) is 19.1 Å². The SMILES string of the molecule is CSc1nc(C)n(Cc2ccc(OS(=O)(=O)C(F)(F)F)nc2)c(=O)n1. The quantitative estimate of drug-likeness (QED) is 0.424. The third kappa shape index (κ3) is 4.48. The maximum atomic E-state index is 12.2. The molecule has 2 aromatic heterocycles. The highest BCUT2D eigenvalue weighted by Crippen LogP contribution is 2.25. The molecular weight excluding hydrogens is 385 g/mol. The molecule has 0 spiro atoms. The molecule has 0 saturated carbocycles. The first-order chi connectivity index (χ1) is 11.5. The van der Waals surface area contributed by atoms with Crippen molar-refractivity contribution in [1.82, 2.24) is 19.5 Å². The van der Waals surface area contributed by atoms with Gasteiger partial charge in [-0.3, -0.25) is 4.57 Å². The van der Waals surface area contributed by atoms with Gasteiger partial charge in [0.25, 0.3) is 0 Å². The van der Waals surface area contributed by atoms with Crippen LogP contribution in [0.1, 0.15) is 11.4 Å². The van der Waals surface area contributed by atoms with Crippen LogP contribution in [-0.2, 0) is 16.7 Å². The minimum absolute atomic E-state index is 0.0125. The zero-order valence-electron chi connectivity index (χ0n) is 12.8. The lowest BCUT2D eigenvalue weighted by atomic mass is 10.3. The summed E-state index contributed by atoms with van der Waals surface area (Å²) in [6, 6.07) is 2.23. The van der Waals surface area contributed by atoms with Crippen LogP contribution < -0.4 is 9.87 Å². The van der Waals surface area contributed by atoms with Crippen LogP contribution in [0.3, 0.4) is 0 Å². The summed E-state index contributed by atoms with van der Waals surface area (Å²) in [7, 11) is -5.78. The second-order valence-electron chi connectivity index (χ2n) is 4.61. The van der Waals surface area contributed by atoms with Crippen LogP contribution in [0.2, 0.25) is 0 Å². The summed E-state index contributed by atoms with van der Waals surface area (Å²) >= 11 is 1.21. The molecule has 0 unspecified atom stereocenters. The fourth-order valence-electron chi connectivity index (χ4n) is 1.67. The Kier molecular flexibility index (Phi) is 5.37. The van der Waals surface area contributed by atoms with Crippen LogP contribution in [0.25, 0.3) is 0 Å². The fraction of sp³-hybridized carbons (Fsp3) is 0.333. The molecule has 0 aromatic carbocycles. The van der Waals surface area contributed by atoms with Crippen molar-refractivity contribution in [3.8, 4) is 5.88 Å². The van der Waals surface area contributed by atoms with E-state index in [0.717, 1.165) is 12.3 Å². The number of aryl methyl sites for hydroxylation is 1. The Bertz CT molecular complexity index is 927. The second-order valence-corrected chi connectivity index (χ2v) is 6.93. The van der Waals surface area contributed by atoms with Gasteiger partial charge in [0.15, 0.2) is 5.16 Å². The van der Waals surface area contributed by atoms with Crippen LogP contribution in [0.15, 0.2) is 28.3 Å². The van der Waals surface area contributed by atoms with E-state index in [4.69, 9.17) is 0 Å². The molecule has 8 nitrogen and oxygen atoms in total. The molecule has 0 aliphatic rings. The zero-order chi connectivity index (χ0) is 18.8. The van der Waals surface area contributed by atoms with Crippen molar-refractivity contribution in [3.05, 3.63) is 40.2 Å². The number of alkyl halides is 3. The third-order valence-electron chi connectivity index (χ3n) is 2.87. The van der Waals surface area contributed by atoms with Crippen molar-refractivity contribution >= 4 is 21.9 Å². The van der Waals surface area contributed by atoms with E-state index in [1.165, 1.54) is 22.4 Å². The molecule has 13 heteroatoms. The summed E-state index contributed by atoms with van der Waals surface area (Å²) in [5, 5.41) is 0.318. The van der Waals surface area contributed by atoms with Gasteiger partial charge in [0.05, 0.1) is 6.54 Å². The van der Waals surface area contributed by atoms with Crippen molar-refractivity contribution in [3.63, 3.8) is 0 Å². The van der Waals surface area contributed by atoms with Gasteiger partial charge in [-0.1, -0.05) is 17.8 Å². The number of pyridine rings is 1. The smallest absolute Gasteiger partial charge is 0.355 e. The molecule has 0 atom stereocenters. The standard InChI is InChI=1S/C12H11F3N4O4S2/c1-7-17-10(24-2)18-11(20)19(7)6-8-3-4-9(16-5-8)23-25(21,22)12(13,14)15/h3-5H,6H2,1-2H3. The Morgan fingerprint density at radius 2 is 1.96 bits per heavy atom. The first-order valence-corrected chi connectivity index (χ1v) is 9.12. The van der Waals surface area contributed by atoms with E-state index in [9.17, 15) is 26.4 Å². The van der Waals surface area contributed by atoms with Crippen LogP contribution >= 0.6 is 11.8 Å². The van der Waals surface area contributed by atoms with E-state index < -0.39 is 27.2 Å². The Morgan fingerprint density at radius 1 is 1.28 bits per heavy atom. The highest BCUT2D eigenvalue weighted by molar-refractivity contribution is 7.98. The second kappa shape index (κ2) is 7.00. The monoisotopic (exact) mass is 396 g/mol. The number of rotatable bonds is 5. The van der Waals surface area contributed by atoms with Gasteiger partial charge in [-0.25, -0.2) is 14.8 Å². The Hall–Kier alpha value is -2.15. The largest absolute Gasteiger partial charge is 0.534 e. The first kappa shape index (κ1) is 19.2. The Balaban J connectivity index is 2.21. The number of halogens is 3. The molecule has 0 aliphatic heterocycles. The van der Waals surface area contributed by atoms with Gasteiger partial charge < -0.3 is 4.18 Å². The summed E-state index contributed by atoms with van der Waals surface area (Å²) in [5.74, 6) is -0.344. The molecule has 0 radical (unpaired) electrons. The lowest BCUT2D eigenvalue weighted by molar-refractivity contribution is -0.0501. The minimum atomic E-state index is -5.78. The van der Waals surface area contributed by atoms with E-state index in [-0.39, 0.29) is 6.54 Å². The van der Waals surface area contributed by atoms with Crippen molar-refractivity contribution in [1.29, 1.82) is 0 Å². The summed E-state index contributed by atoms with van der Waals surface area (Å²) in [6.07, 6.45) is 2.81. The molecule has 2 aromatic rings. The maximum Gasteiger partial charge on any atom is 0.534 e. The number of nitrogens with zero attached hydrogens (tertiary/aromatic N) is 4. The highest BCUT2D eigenvalue weighted by Gasteiger charge is 2.48. The molecule has 0 amide bonds. The van der Waals surface area contributed by atoms with Gasteiger partial charge in [-0.15, -0.1) is 0 Å². The first-order valence-electron chi connectivity index (χ1n) is 6.48. The molecule has 2 rings (SSSR count). The van der Waals surface area contributed by atoms with E-state index in [1.54, 1.807) is 13.2 Å². The Labute approximate surface area is 144 Å². The van der Waals surface area contributed by atoms with Gasteiger partial charge in [0, 0.05) is 12.3 Å². The summed E-state index contributed by atoms with van der Waals surface area (Å²) in [5.41, 5.74) is -5.67. The average molecular weight is 396 g/mol. The van der Waals surface area contributed by atoms with E-state index >= 15 is 0 Å². The molecule has 2 heterocycles. The molecule has 0 N–H and O–H groups in total. The number of aromatic nitrogens is 4. The summed E-state index contributed by atoms with van der Waals surface area (Å²) in [6.45, 7) is 1.61. The van der Waals surface area contributed by atoms with Crippen LogP contribution in [0.4, 0.5) is 13.2 Å². The summed E-state index contributed by atoms with van der Waals surface area (Å²) < 4.78 is 63.6. The lowest BCUT2D eigenvalue weighted by Gasteiger charge is -2.10. The van der Waals surface area contributed by atoms with Gasteiger partial charge in [0.2, 0.25) is 5.88 Å². The van der Waals surface area contributed by atoms with E-state index in [1.807, 2.05) is 0 Å². The van der Waals surface area contributed by atoms with Gasteiger partial charge in [-0.2, -0.15) is 26.6 Å². The number of hydrogen-bond acceptors (Lipinski definition) is 8. The maximum absolute atomic E-state index is 12.2. The molecule has 25 heavy (non-hydrogen) atoms. The van der Waals surface area contributed by atoms with Crippen LogP contribution in [0, 0.1) is 6.92 Å². The average Bonchev–Trinajstić information content (AvgIpc) is 2.50. The molecule has 136 valence electrons. The Morgan fingerprint density at radius 3 is 2.44 bits per heavy atom. The van der Waals surface area contributed by atoms with Crippen molar-refractivity contribution in [2.24, 2.45) is 0 Å². The molecule has 0 aliphatic carbocycles. The van der Waals surface area contributed by atoms with Gasteiger partial charge in [-0.05, 0) is 18.7 Å².